The quantitative estimate of drug-likeness (QED) is 0.909. The summed E-state index contributed by atoms with van der Waals surface area (Å²) in [6.07, 6.45) is 0.330. The van der Waals surface area contributed by atoms with Crippen molar-refractivity contribution < 1.29 is 9.90 Å². The van der Waals surface area contributed by atoms with Gasteiger partial charge in [0, 0.05) is 5.02 Å². The van der Waals surface area contributed by atoms with Crippen LogP contribution in [-0.4, -0.2) is 17.1 Å². The first-order valence-corrected chi connectivity index (χ1v) is 6.27. The van der Waals surface area contributed by atoms with Crippen molar-refractivity contribution >= 4 is 30.0 Å². The highest BCUT2D eigenvalue weighted by molar-refractivity contribution is 6.30. The van der Waals surface area contributed by atoms with Crippen molar-refractivity contribution in [3.05, 3.63) is 59.1 Å². The monoisotopic (exact) mass is 311 g/mol. The highest BCUT2D eigenvalue weighted by Gasteiger charge is 2.11. The molecule has 1 unspecified atom stereocenters. The van der Waals surface area contributed by atoms with E-state index in [1.54, 1.807) is 0 Å². The minimum atomic E-state index is -0.984. The highest BCUT2D eigenvalue weighted by atomic mass is 35.5. The van der Waals surface area contributed by atoms with E-state index in [0.29, 0.717) is 11.4 Å². The SMILES string of the molecule is Cl.NC(Cc1ccc(-c2ccc(Cl)cc2)cc1)C(=O)O. The van der Waals surface area contributed by atoms with Crippen molar-refractivity contribution in [2.24, 2.45) is 5.73 Å². The minimum Gasteiger partial charge on any atom is -0.480 e. The van der Waals surface area contributed by atoms with Crippen molar-refractivity contribution in [3.63, 3.8) is 0 Å². The first-order chi connectivity index (χ1) is 9.06. The molecule has 1 atom stereocenters. The first-order valence-electron chi connectivity index (χ1n) is 5.89. The van der Waals surface area contributed by atoms with Crippen LogP contribution in [-0.2, 0) is 11.2 Å². The van der Waals surface area contributed by atoms with Crippen molar-refractivity contribution in [3.8, 4) is 11.1 Å². The fourth-order valence-electron chi connectivity index (χ4n) is 1.82. The molecule has 0 amide bonds. The number of halogens is 2. The zero-order valence-electron chi connectivity index (χ0n) is 10.6. The molecular formula is C15H15Cl2NO2. The minimum absolute atomic E-state index is 0. The number of carboxylic acids is 1. The summed E-state index contributed by atoms with van der Waals surface area (Å²) in [7, 11) is 0. The normalized spacial score (nSPS) is 11.5. The van der Waals surface area contributed by atoms with Gasteiger partial charge >= 0.3 is 5.97 Å². The zero-order valence-corrected chi connectivity index (χ0v) is 12.2. The lowest BCUT2D eigenvalue weighted by molar-refractivity contribution is -0.138. The van der Waals surface area contributed by atoms with Gasteiger partial charge in [-0.25, -0.2) is 0 Å². The Bertz CT molecular complexity index is 567. The van der Waals surface area contributed by atoms with Gasteiger partial charge in [-0.2, -0.15) is 0 Å². The molecule has 0 aliphatic carbocycles. The molecule has 0 heterocycles. The zero-order chi connectivity index (χ0) is 13.8. The van der Waals surface area contributed by atoms with E-state index >= 15 is 0 Å². The summed E-state index contributed by atoms with van der Waals surface area (Å²) in [6.45, 7) is 0. The number of benzene rings is 2. The fraction of sp³-hybridized carbons (Fsp3) is 0.133. The van der Waals surface area contributed by atoms with Gasteiger partial charge in [-0.15, -0.1) is 12.4 Å². The summed E-state index contributed by atoms with van der Waals surface area (Å²) in [4.78, 5) is 10.7. The Labute approximate surface area is 128 Å². The second-order valence-electron chi connectivity index (χ2n) is 4.35. The van der Waals surface area contributed by atoms with E-state index in [2.05, 4.69) is 0 Å². The Kier molecular flexibility index (Phi) is 6.02. The number of carbonyl (C=O) groups is 1. The lowest BCUT2D eigenvalue weighted by atomic mass is 10.0. The summed E-state index contributed by atoms with van der Waals surface area (Å²) >= 11 is 5.84. The van der Waals surface area contributed by atoms with Crippen LogP contribution in [0, 0.1) is 0 Å². The number of carboxylic acid groups (broad SMARTS) is 1. The molecule has 0 aromatic heterocycles. The third kappa shape index (κ3) is 4.23. The molecule has 2 aromatic rings. The summed E-state index contributed by atoms with van der Waals surface area (Å²) < 4.78 is 0. The van der Waals surface area contributed by atoms with Gasteiger partial charge < -0.3 is 10.8 Å². The summed E-state index contributed by atoms with van der Waals surface area (Å²) in [5, 5.41) is 9.47. The molecule has 0 saturated carbocycles. The molecule has 0 bridgehead atoms. The Morgan fingerprint density at radius 1 is 1.05 bits per heavy atom. The number of aliphatic carboxylic acids is 1. The predicted molar refractivity (Wildman–Crippen MR) is 83.5 cm³/mol. The third-order valence-electron chi connectivity index (χ3n) is 2.90. The molecule has 0 aliphatic heterocycles. The van der Waals surface area contributed by atoms with Gasteiger partial charge in [0.1, 0.15) is 6.04 Å². The van der Waals surface area contributed by atoms with Crippen LogP contribution in [0.15, 0.2) is 48.5 Å². The predicted octanol–water partition coefficient (Wildman–Crippen LogP) is 3.38. The van der Waals surface area contributed by atoms with Crippen molar-refractivity contribution in [2.45, 2.75) is 12.5 Å². The largest absolute Gasteiger partial charge is 0.480 e. The maximum absolute atomic E-state index is 10.7. The average Bonchev–Trinajstić information content (AvgIpc) is 2.40. The third-order valence-corrected chi connectivity index (χ3v) is 3.16. The molecule has 0 saturated heterocycles. The van der Waals surface area contributed by atoms with Gasteiger partial charge in [-0.3, -0.25) is 4.79 Å². The number of hydrogen-bond acceptors (Lipinski definition) is 2. The molecule has 2 rings (SSSR count). The van der Waals surface area contributed by atoms with Crippen LogP contribution in [0.25, 0.3) is 11.1 Å². The van der Waals surface area contributed by atoms with Crippen LogP contribution in [0.4, 0.5) is 0 Å². The molecule has 0 aliphatic rings. The molecule has 106 valence electrons. The molecule has 20 heavy (non-hydrogen) atoms. The smallest absolute Gasteiger partial charge is 0.320 e. The van der Waals surface area contributed by atoms with Crippen LogP contribution in [0.2, 0.25) is 5.02 Å². The van der Waals surface area contributed by atoms with E-state index in [1.165, 1.54) is 0 Å². The van der Waals surface area contributed by atoms with Gasteiger partial charge in [0.2, 0.25) is 0 Å². The number of rotatable bonds is 4. The van der Waals surface area contributed by atoms with Gasteiger partial charge in [-0.1, -0.05) is 48.0 Å². The second kappa shape index (κ2) is 7.29. The van der Waals surface area contributed by atoms with E-state index < -0.39 is 12.0 Å². The van der Waals surface area contributed by atoms with Crippen LogP contribution in [0.3, 0.4) is 0 Å². The molecule has 0 fully saturated rings. The van der Waals surface area contributed by atoms with E-state index in [4.69, 9.17) is 22.4 Å². The summed E-state index contributed by atoms with van der Waals surface area (Å²) in [6, 6.07) is 14.4. The van der Waals surface area contributed by atoms with Crippen molar-refractivity contribution in [1.82, 2.24) is 0 Å². The van der Waals surface area contributed by atoms with E-state index in [-0.39, 0.29) is 12.4 Å². The topological polar surface area (TPSA) is 63.3 Å². The number of hydrogen-bond donors (Lipinski definition) is 2. The molecular weight excluding hydrogens is 297 g/mol. The fourth-order valence-corrected chi connectivity index (χ4v) is 1.94. The molecule has 2 aromatic carbocycles. The lowest BCUT2D eigenvalue weighted by Gasteiger charge is -2.07. The summed E-state index contributed by atoms with van der Waals surface area (Å²) in [5.41, 5.74) is 8.54. The van der Waals surface area contributed by atoms with Gasteiger partial charge in [0.25, 0.3) is 0 Å². The van der Waals surface area contributed by atoms with Crippen LogP contribution >= 0.6 is 24.0 Å². The number of nitrogens with two attached hydrogens (primary N) is 1. The van der Waals surface area contributed by atoms with Crippen LogP contribution < -0.4 is 5.73 Å². The van der Waals surface area contributed by atoms with Crippen LogP contribution in [0.5, 0.6) is 0 Å². The summed E-state index contributed by atoms with van der Waals surface area (Å²) in [5.74, 6) is -0.984. The standard InChI is InChI=1S/C15H14ClNO2.ClH/c16-13-7-5-12(6-8-13)11-3-1-10(2-4-11)9-14(17)15(18)19;/h1-8,14H,9,17H2,(H,18,19);1H. The maximum atomic E-state index is 10.7. The maximum Gasteiger partial charge on any atom is 0.320 e. The van der Waals surface area contributed by atoms with Crippen LogP contribution in [0.1, 0.15) is 5.56 Å². The molecule has 0 radical (unpaired) electrons. The Morgan fingerprint density at radius 2 is 1.50 bits per heavy atom. The molecule has 0 spiro atoms. The van der Waals surface area contributed by atoms with E-state index in [1.807, 2.05) is 48.5 Å². The average molecular weight is 312 g/mol. The molecule has 3 N–H and O–H groups in total. The highest BCUT2D eigenvalue weighted by Crippen LogP contribution is 2.22. The van der Waals surface area contributed by atoms with E-state index in [9.17, 15) is 4.79 Å². The molecule has 3 nitrogen and oxygen atoms in total. The van der Waals surface area contributed by atoms with E-state index in [0.717, 1.165) is 16.7 Å². The van der Waals surface area contributed by atoms with Gasteiger partial charge in [0.05, 0.1) is 0 Å². The molecule has 5 heteroatoms. The van der Waals surface area contributed by atoms with Gasteiger partial charge in [0.15, 0.2) is 0 Å². The Morgan fingerprint density at radius 3 is 1.95 bits per heavy atom. The lowest BCUT2D eigenvalue weighted by Crippen LogP contribution is -2.32. The second-order valence-corrected chi connectivity index (χ2v) is 4.79. The first kappa shape index (κ1) is 16.5. The van der Waals surface area contributed by atoms with Crippen molar-refractivity contribution in [2.75, 3.05) is 0 Å². The Hall–Kier alpha value is -1.55. The van der Waals surface area contributed by atoms with Crippen molar-refractivity contribution in [1.29, 1.82) is 0 Å². The Balaban J connectivity index is 0.00000200. The van der Waals surface area contributed by atoms with Gasteiger partial charge in [-0.05, 0) is 35.2 Å².